The van der Waals surface area contributed by atoms with Crippen LogP contribution >= 0.6 is 7.60 Å². The summed E-state index contributed by atoms with van der Waals surface area (Å²) in [5, 5.41) is 0.0146. The van der Waals surface area contributed by atoms with Crippen LogP contribution in [0.4, 0.5) is 0 Å². The lowest BCUT2D eigenvalue weighted by molar-refractivity contribution is 0.332. The van der Waals surface area contributed by atoms with Gasteiger partial charge >= 0.3 is 7.60 Å². The number of rotatable bonds is 1. The Morgan fingerprint density at radius 3 is 1.88 bits per heavy atom. The minimum Gasteiger partial charge on any atom is -0.321 e. The van der Waals surface area contributed by atoms with Crippen molar-refractivity contribution in [2.45, 2.75) is 51.4 Å². The van der Waals surface area contributed by atoms with Crippen LogP contribution in [0.15, 0.2) is 42.5 Å². The molecule has 0 unspecified atom stereocenters. The van der Waals surface area contributed by atoms with E-state index in [-0.39, 0.29) is 16.1 Å². The molecule has 0 amide bonds. The van der Waals surface area contributed by atoms with Gasteiger partial charge in [-0.1, -0.05) is 45.6 Å². The van der Waals surface area contributed by atoms with Crippen molar-refractivity contribution in [1.29, 1.82) is 0 Å². The first-order valence-corrected chi connectivity index (χ1v) is 10.4. The predicted octanol–water partition coefficient (Wildman–Crippen LogP) is 4.24. The normalized spacial score (nSPS) is 17.8. The minimum absolute atomic E-state index is 0.0146. The van der Waals surface area contributed by atoms with Crippen molar-refractivity contribution in [3.8, 4) is 11.8 Å². The summed E-state index contributed by atoms with van der Waals surface area (Å²) in [6.45, 7) is 9.18. The SMILES string of the molecule is CC1(C)CCC(C)(C)c2cc(C#Cc3ccc(P(=O)(O)O)cc3)ccc21. The summed E-state index contributed by atoms with van der Waals surface area (Å²) in [7, 11) is -4.20. The molecule has 26 heavy (non-hydrogen) atoms. The van der Waals surface area contributed by atoms with Gasteiger partial charge in [-0.2, -0.15) is 0 Å². The van der Waals surface area contributed by atoms with E-state index >= 15 is 0 Å². The van der Waals surface area contributed by atoms with Crippen molar-refractivity contribution in [2.75, 3.05) is 0 Å². The zero-order valence-electron chi connectivity index (χ0n) is 15.7. The van der Waals surface area contributed by atoms with Gasteiger partial charge in [0.05, 0.1) is 5.30 Å². The summed E-state index contributed by atoms with van der Waals surface area (Å²) in [4.78, 5) is 18.3. The van der Waals surface area contributed by atoms with E-state index in [1.54, 1.807) is 12.1 Å². The van der Waals surface area contributed by atoms with E-state index < -0.39 is 7.60 Å². The smallest absolute Gasteiger partial charge is 0.321 e. The van der Waals surface area contributed by atoms with Crippen molar-refractivity contribution in [2.24, 2.45) is 0 Å². The third kappa shape index (κ3) is 3.79. The zero-order chi connectivity index (χ0) is 19.2. The van der Waals surface area contributed by atoms with Crippen LogP contribution in [-0.4, -0.2) is 9.79 Å². The van der Waals surface area contributed by atoms with Crippen LogP contribution in [0, 0.1) is 11.8 Å². The fourth-order valence-electron chi connectivity index (χ4n) is 3.55. The van der Waals surface area contributed by atoms with E-state index in [2.05, 4.69) is 57.7 Å². The monoisotopic (exact) mass is 368 g/mol. The third-order valence-corrected chi connectivity index (χ3v) is 6.38. The van der Waals surface area contributed by atoms with Gasteiger partial charge in [0.2, 0.25) is 0 Å². The van der Waals surface area contributed by atoms with Crippen molar-refractivity contribution >= 4 is 12.9 Å². The van der Waals surface area contributed by atoms with E-state index in [0.29, 0.717) is 0 Å². The molecular formula is C22H25O3P. The van der Waals surface area contributed by atoms with Gasteiger partial charge in [0.15, 0.2) is 0 Å². The second-order valence-corrected chi connectivity index (χ2v) is 9.97. The van der Waals surface area contributed by atoms with Gasteiger partial charge in [-0.25, -0.2) is 0 Å². The van der Waals surface area contributed by atoms with E-state index in [1.165, 1.54) is 29.7 Å². The van der Waals surface area contributed by atoms with E-state index in [4.69, 9.17) is 9.79 Å². The highest BCUT2D eigenvalue weighted by Crippen LogP contribution is 2.45. The Kier molecular flexibility index (Phi) is 4.65. The summed E-state index contributed by atoms with van der Waals surface area (Å²) in [5.41, 5.74) is 4.82. The molecule has 0 bridgehead atoms. The summed E-state index contributed by atoms with van der Waals surface area (Å²) in [5.74, 6) is 6.28. The fourth-order valence-corrected chi connectivity index (χ4v) is 4.09. The molecule has 0 atom stereocenters. The molecule has 0 radical (unpaired) electrons. The van der Waals surface area contributed by atoms with Crippen LogP contribution in [0.25, 0.3) is 0 Å². The Morgan fingerprint density at radius 1 is 0.808 bits per heavy atom. The zero-order valence-corrected chi connectivity index (χ0v) is 16.6. The molecular weight excluding hydrogens is 343 g/mol. The van der Waals surface area contributed by atoms with Crippen LogP contribution < -0.4 is 5.30 Å². The van der Waals surface area contributed by atoms with Crippen molar-refractivity contribution < 1.29 is 14.4 Å². The molecule has 136 valence electrons. The average Bonchev–Trinajstić information content (AvgIpc) is 2.57. The molecule has 0 fully saturated rings. The Morgan fingerprint density at radius 2 is 1.31 bits per heavy atom. The summed E-state index contributed by atoms with van der Waals surface area (Å²) < 4.78 is 11.2. The third-order valence-electron chi connectivity index (χ3n) is 5.41. The van der Waals surface area contributed by atoms with Crippen LogP contribution in [0.5, 0.6) is 0 Å². The Balaban J connectivity index is 1.93. The standard InChI is InChI=1S/C22H25O3P/c1-21(2)13-14-22(3,4)20-15-17(9-12-19(20)21)6-5-16-7-10-18(11-8-16)26(23,24)25/h7-12,15H,13-14H2,1-4H3,(H2,23,24,25). The number of hydrogen-bond acceptors (Lipinski definition) is 1. The lowest BCUT2D eigenvalue weighted by Gasteiger charge is -2.41. The number of hydrogen-bond donors (Lipinski definition) is 2. The largest absolute Gasteiger partial charge is 0.356 e. The fraction of sp³-hybridized carbons (Fsp3) is 0.364. The highest BCUT2D eigenvalue weighted by Gasteiger charge is 2.36. The quantitative estimate of drug-likeness (QED) is 0.585. The molecule has 2 aromatic rings. The lowest BCUT2D eigenvalue weighted by atomic mass is 9.63. The van der Waals surface area contributed by atoms with Crippen molar-refractivity contribution in [3.63, 3.8) is 0 Å². The van der Waals surface area contributed by atoms with Crippen molar-refractivity contribution in [1.82, 2.24) is 0 Å². The van der Waals surface area contributed by atoms with Crippen LogP contribution in [0.2, 0.25) is 0 Å². The molecule has 2 aromatic carbocycles. The maximum atomic E-state index is 11.2. The van der Waals surface area contributed by atoms with Gasteiger partial charge in [-0.3, -0.25) is 4.57 Å². The Hall–Kier alpha value is -1.85. The number of benzene rings is 2. The van der Waals surface area contributed by atoms with Gasteiger partial charge in [-0.05, 0) is 71.2 Å². The van der Waals surface area contributed by atoms with Crippen LogP contribution in [0.3, 0.4) is 0 Å². The van der Waals surface area contributed by atoms with Crippen LogP contribution in [-0.2, 0) is 15.4 Å². The molecule has 0 spiro atoms. The van der Waals surface area contributed by atoms with E-state index in [1.807, 2.05) is 0 Å². The Bertz CT molecular complexity index is 938. The summed E-state index contributed by atoms with van der Waals surface area (Å²) in [6, 6.07) is 12.6. The molecule has 0 saturated heterocycles. The highest BCUT2D eigenvalue weighted by molar-refractivity contribution is 7.60. The average molecular weight is 368 g/mol. The first kappa shape index (κ1) is 18.9. The molecule has 1 aliphatic rings. The topological polar surface area (TPSA) is 57.5 Å². The first-order valence-electron chi connectivity index (χ1n) is 8.82. The van der Waals surface area contributed by atoms with E-state index in [9.17, 15) is 4.57 Å². The summed E-state index contributed by atoms with van der Waals surface area (Å²) in [6.07, 6.45) is 2.34. The molecule has 0 aliphatic heterocycles. The molecule has 3 nitrogen and oxygen atoms in total. The van der Waals surface area contributed by atoms with E-state index in [0.717, 1.165) is 17.5 Å². The molecule has 2 N–H and O–H groups in total. The second-order valence-electron chi connectivity index (χ2n) is 8.37. The predicted molar refractivity (Wildman–Crippen MR) is 106 cm³/mol. The summed E-state index contributed by atoms with van der Waals surface area (Å²) >= 11 is 0. The maximum absolute atomic E-state index is 11.2. The second kappa shape index (κ2) is 6.39. The molecule has 0 saturated carbocycles. The molecule has 3 rings (SSSR count). The van der Waals surface area contributed by atoms with Gasteiger partial charge in [-0.15, -0.1) is 0 Å². The van der Waals surface area contributed by atoms with Gasteiger partial charge in [0.25, 0.3) is 0 Å². The van der Waals surface area contributed by atoms with Gasteiger partial charge in [0, 0.05) is 11.1 Å². The first-order chi connectivity index (χ1) is 12.0. The van der Waals surface area contributed by atoms with Gasteiger partial charge in [0.1, 0.15) is 0 Å². The van der Waals surface area contributed by atoms with Crippen LogP contribution in [0.1, 0.15) is 62.8 Å². The number of fused-ring (bicyclic) bond motifs is 1. The molecule has 0 aromatic heterocycles. The highest BCUT2D eigenvalue weighted by atomic mass is 31.2. The molecule has 1 aliphatic carbocycles. The Labute approximate surface area is 155 Å². The molecule has 4 heteroatoms. The lowest BCUT2D eigenvalue weighted by Crippen LogP contribution is -2.33. The van der Waals surface area contributed by atoms with Crippen molar-refractivity contribution in [3.05, 3.63) is 64.7 Å². The molecule has 0 heterocycles. The van der Waals surface area contributed by atoms with Gasteiger partial charge < -0.3 is 9.79 Å². The minimum atomic E-state index is -4.20. The maximum Gasteiger partial charge on any atom is 0.356 e.